The van der Waals surface area contributed by atoms with Crippen LogP contribution < -0.4 is 4.74 Å². The van der Waals surface area contributed by atoms with Crippen LogP contribution in [0.3, 0.4) is 0 Å². The molecule has 0 radical (unpaired) electrons. The van der Waals surface area contributed by atoms with Crippen LogP contribution in [0.4, 0.5) is 0 Å². The Bertz CT molecular complexity index is 2330. The van der Waals surface area contributed by atoms with Crippen LogP contribution >= 0.6 is 0 Å². The molecular weight excluding hydrogens is 512 g/mol. The fraction of sp³-hybridized carbons (Fsp3) is 0.0286. The van der Waals surface area contributed by atoms with Gasteiger partial charge in [-0.25, -0.2) is 0 Å². The van der Waals surface area contributed by atoms with Crippen LogP contribution in [-0.2, 0) is 0 Å². The van der Waals surface area contributed by atoms with Gasteiger partial charge in [0.15, 0.2) is 0 Å². The van der Waals surface area contributed by atoms with Crippen molar-refractivity contribution < 1.29 is 18.0 Å². The van der Waals surface area contributed by atoms with Crippen molar-refractivity contribution in [2.75, 3.05) is 7.05 Å². The van der Waals surface area contributed by atoms with E-state index in [9.17, 15) is 0 Å². The molecule has 6 heteroatoms. The van der Waals surface area contributed by atoms with Crippen LogP contribution in [0.1, 0.15) is 11.3 Å². The minimum absolute atomic E-state index is 0.682. The maximum absolute atomic E-state index is 6.31. The first kappa shape index (κ1) is 23.3. The molecule has 4 aromatic carbocycles. The van der Waals surface area contributed by atoms with Gasteiger partial charge in [0.05, 0.1) is 0 Å². The number of benzene rings is 4. The van der Waals surface area contributed by atoms with Crippen molar-refractivity contribution >= 4 is 67.1 Å². The molecule has 0 aliphatic carbocycles. The number of rotatable bonds is 5. The summed E-state index contributed by atoms with van der Waals surface area (Å²) >= 11 is 0. The predicted octanol–water partition coefficient (Wildman–Crippen LogP) is 9.78. The highest BCUT2D eigenvalue weighted by molar-refractivity contribution is 6.09. The Kier molecular flexibility index (Phi) is 5.09. The molecule has 0 fully saturated rings. The number of ether oxygens (including phenoxy) is 1. The van der Waals surface area contributed by atoms with Gasteiger partial charge in [0.25, 0.3) is 0 Å². The second kappa shape index (κ2) is 8.96. The molecular formula is C35H22N2O4. The fourth-order valence-corrected chi connectivity index (χ4v) is 5.53. The van der Waals surface area contributed by atoms with Crippen molar-refractivity contribution in [3.05, 3.63) is 109 Å². The van der Waals surface area contributed by atoms with Gasteiger partial charge in [0.2, 0.25) is 0 Å². The summed E-state index contributed by atoms with van der Waals surface area (Å²) < 4.78 is 24.4. The standard InChI is InChI=1S/C35H22N2O4/c1-3-30-28(18-36-2)27-17-23(7-11-34(27)39-30)38-22-6-10-33-26(16-22)24-14-20(4-8-31(24)40-33)21-5-9-32-25(15-21)29-19-37-13-12-35(29)41-32/h3-19H,1H2,2H3. The molecule has 41 heavy (non-hydrogen) atoms. The molecule has 0 aliphatic heterocycles. The predicted molar refractivity (Wildman–Crippen MR) is 164 cm³/mol. The first-order valence-corrected chi connectivity index (χ1v) is 13.2. The molecule has 0 unspecified atom stereocenters. The molecule has 8 rings (SSSR count). The van der Waals surface area contributed by atoms with E-state index in [-0.39, 0.29) is 0 Å². The third-order valence-electron chi connectivity index (χ3n) is 7.45. The molecule has 4 aromatic heterocycles. The Balaban J connectivity index is 1.19. The molecule has 6 nitrogen and oxygen atoms in total. The minimum atomic E-state index is 0.682. The van der Waals surface area contributed by atoms with E-state index in [1.807, 2.05) is 60.8 Å². The van der Waals surface area contributed by atoms with Gasteiger partial charge in [-0.2, -0.15) is 0 Å². The van der Waals surface area contributed by atoms with Gasteiger partial charge in [-0.15, -0.1) is 0 Å². The summed E-state index contributed by atoms with van der Waals surface area (Å²) in [5.74, 6) is 2.09. The number of pyridine rings is 1. The number of hydrogen-bond donors (Lipinski definition) is 0. The van der Waals surface area contributed by atoms with Crippen LogP contribution in [0.25, 0.3) is 72.0 Å². The topological polar surface area (TPSA) is 73.9 Å². The van der Waals surface area contributed by atoms with Gasteiger partial charge < -0.3 is 18.0 Å². The van der Waals surface area contributed by atoms with Crippen LogP contribution in [0.2, 0.25) is 0 Å². The highest BCUT2D eigenvalue weighted by Crippen LogP contribution is 2.38. The first-order valence-electron chi connectivity index (χ1n) is 13.2. The molecule has 0 saturated carbocycles. The summed E-state index contributed by atoms with van der Waals surface area (Å²) in [6.45, 7) is 3.85. The van der Waals surface area contributed by atoms with E-state index < -0.39 is 0 Å². The monoisotopic (exact) mass is 534 g/mol. The third-order valence-corrected chi connectivity index (χ3v) is 7.45. The van der Waals surface area contributed by atoms with Crippen molar-refractivity contribution in [2.24, 2.45) is 4.99 Å². The molecule has 0 aliphatic rings. The van der Waals surface area contributed by atoms with Crippen molar-refractivity contribution in [3.8, 4) is 22.6 Å². The number of hydrogen-bond acceptors (Lipinski definition) is 6. The minimum Gasteiger partial charge on any atom is -0.457 e. The van der Waals surface area contributed by atoms with E-state index in [0.29, 0.717) is 17.3 Å². The van der Waals surface area contributed by atoms with E-state index in [4.69, 9.17) is 18.0 Å². The van der Waals surface area contributed by atoms with Crippen molar-refractivity contribution in [2.45, 2.75) is 0 Å². The number of nitrogens with zero attached hydrogens (tertiary/aromatic N) is 2. The fourth-order valence-electron chi connectivity index (χ4n) is 5.53. The molecule has 0 atom stereocenters. The van der Waals surface area contributed by atoms with E-state index in [1.54, 1.807) is 25.5 Å². The number of fused-ring (bicyclic) bond motifs is 7. The van der Waals surface area contributed by atoms with Gasteiger partial charge >= 0.3 is 0 Å². The zero-order chi connectivity index (χ0) is 27.5. The molecule has 0 saturated heterocycles. The Morgan fingerprint density at radius 1 is 0.659 bits per heavy atom. The third kappa shape index (κ3) is 3.72. The Morgan fingerprint density at radius 2 is 1.22 bits per heavy atom. The van der Waals surface area contributed by atoms with E-state index in [1.165, 1.54) is 0 Å². The molecule has 0 N–H and O–H groups in total. The van der Waals surface area contributed by atoms with Gasteiger partial charge in [0, 0.05) is 58.2 Å². The van der Waals surface area contributed by atoms with Crippen molar-refractivity contribution in [1.29, 1.82) is 0 Å². The summed E-state index contributed by atoms with van der Waals surface area (Å²) in [4.78, 5) is 8.45. The molecule has 0 bridgehead atoms. The SMILES string of the molecule is C=Cc1oc2ccc(Oc3ccc4oc5ccc(-c6ccc7oc8ccncc8c7c6)cc5c4c3)cc2c1C=NC. The normalized spacial score (nSPS) is 12.0. The summed E-state index contributed by atoms with van der Waals surface area (Å²) in [6, 6.07) is 26.1. The zero-order valence-corrected chi connectivity index (χ0v) is 22.0. The van der Waals surface area contributed by atoms with Crippen molar-refractivity contribution in [1.82, 2.24) is 4.98 Å². The summed E-state index contributed by atoms with van der Waals surface area (Å²) in [5, 5.41) is 4.96. The van der Waals surface area contributed by atoms with Gasteiger partial charge in [0.1, 0.15) is 45.2 Å². The quantitative estimate of drug-likeness (QED) is 0.205. The largest absolute Gasteiger partial charge is 0.457 e. The maximum atomic E-state index is 6.31. The number of aliphatic imine (C=N–C) groups is 1. The Labute approximate surface area is 233 Å². The Hall–Kier alpha value is -5.62. The highest BCUT2D eigenvalue weighted by atomic mass is 16.5. The molecule has 0 spiro atoms. The van der Waals surface area contributed by atoms with Gasteiger partial charge in [-0.3, -0.25) is 9.98 Å². The zero-order valence-electron chi connectivity index (χ0n) is 22.0. The second-order valence-corrected chi connectivity index (χ2v) is 9.89. The summed E-state index contributed by atoms with van der Waals surface area (Å²) in [5.41, 5.74) is 7.10. The van der Waals surface area contributed by atoms with Crippen LogP contribution in [0.5, 0.6) is 11.5 Å². The lowest BCUT2D eigenvalue weighted by atomic mass is 10.0. The lowest BCUT2D eigenvalue weighted by Gasteiger charge is -2.06. The summed E-state index contributed by atoms with van der Waals surface area (Å²) in [6.07, 6.45) is 7.06. The van der Waals surface area contributed by atoms with E-state index in [2.05, 4.69) is 40.8 Å². The van der Waals surface area contributed by atoms with Gasteiger partial charge in [-0.1, -0.05) is 18.7 Å². The van der Waals surface area contributed by atoms with Crippen LogP contribution in [0, 0.1) is 0 Å². The summed E-state index contributed by atoms with van der Waals surface area (Å²) in [7, 11) is 1.73. The highest BCUT2D eigenvalue weighted by Gasteiger charge is 2.14. The molecule has 4 heterocycles. The number of furan rings is 3. The maximum Gasteiger partial charge on any atom is 0.138 e. The van der Waals surface area contributed by atoms with Crippen LogP contribution in [0.15, 0.2) is 116 Å². The smallest absolute Gasteiger partial charge is 0.138 e. The average molecular weight is 535 g/mol. The van der Waals surface area contributed by atoms with E-state index in [0.717, 1.165) is 71.5 Å². The molecule has 0 amide bonds. The number of aromatic nitrogens is 1. The van der Waals surface area contributed by atoms with E-state index >= 15 is 0 Å². The molecule has 196 valence electrons. The van der Waals surface area contributed by atoms with Crippen LogP contribution in [-0.4, -0.2) is 18.2 Å². The molecule has 8 aromatic rings. The van der Waals surface area contributed by atoms with Gasteiger partial charge in [-0.05, 0) is 83.9 Å². The van der Waals surface area contributed by atoms with Crippen molar-refractivity contribution in [3.63, 3.8) is 0 Å². The lowest BCUT2D eigenvalue weighted by Crippen LogP contribution is -1.85. The average Bonchev–Trinajstić information content (AvgIpc) is 3.67. The first-order chi connectivity index (χ1) is 20.2. The second-order valence-electron chi connectivity index (χ2n) is 9.89. The Morgan fingerprint density at radius 3 is 1.88 bits per heavy atom. The lowest BCUT2D eigenvalue weighted by molar-refractivity contribution is 0.483.